The summed E-state index contributed by atoms with van der Waals surface area (Å²) >= 11 is 0. The number of nitrogens with zero attached hydrogens (tertiary/aromatic N) is 6. The standard InChI is InChI=1S/C86H56N6Si2/c1-5-25-61(26-6-1)93(62-27-7-2-8-28-62)81-39-19-17-37-75(81)91(79-53-77-69(51-83(79)93)65-33-13-15-35-71(65)89(77)59-23-21-49-87-55-59)73-47-43-57-42-46-68-74(48-44-58-41-45-67(73)85(57)86(58)68)92-76-38-18-20-40-82(76)94(63-29-9-3-10-30-63,64-31-11-4-12-32-64)84-52-70-66-34-14-16-36-72(66)90(78(70)54-80(84)92)60-24-22-50-88-56-60/h1-56H. The van der Waals surface area contributed by atoms with Crippen molar-refractivity contribution in [2.45, 2.75) is 0 Å². The third-order valence-electron chi connectivity index (χ3n) is 20.7. The molecule has 18 aromatic rings. The number of benzene rings is 14. The molecule has 20 rings (SSSR count). The molecule has 4 aromatic heterocycles. The zero-order valence-electron chi connectivity index (χ0n) is 51.0. The van der Waals surface area contributed by atoms with Gasteiger partial charge >= 0.3 is 0 Å². The number of fused-ring (bicyclic) bond motifs is 10. The van der Waals surface area contributed by atoms with Crippen molar-refractivity contribution in [3.05, 3.63) is 340 Å². The van der Waals surface area contributed by atoms with E-state index in [0.717, 1.165) is 44.8 Å². The zero-order chi connectivity index (χ0) is 61.6. The maximum Gasteiger partial charge on any atom is 0.184 e. The van der Waals surface area contributed by atoms with Crippen LogP contribution in [0.15, 0.2) is 340 Å². The molecule has 8 heteroatoms. The molecule has 0 saturated carbocycles. The van der Waals surface area contributed by atoms with Crippen LogP contribution < -0.4 is 51.3 Å². The van der Waals surface area contributed by atoms with E-state index in [-0.39, 0.29) is 0 Å². The Bertz CT molecular complexity index is 5600. The molecule has 94 heavy (non-hydrogen) atoms. The molecule has 0 unspecified atom stereocenters. The van der Waals surface area contributed by atoms with Crippen LogP contribution in [0.1, 0.15) is 0 Å². The minimum atomic E-state index is -3.12. The number of pyridine rings is 2. The number of aromatic nitrogens is 4. The molecule has 0 saturated heterocycles. The van der Waals surface area contributed by atoms with Gasteiger partial charge < -0.3 is 18.9 Å². The van der Waals surface area contributed by atoms with Gasteiger partial charge in [0.05, 0.1) is 57.2 Å². The maximum atomic E-state index is 4.71. The van der Waals surface area contributed by atoms with Gasteiger partial charge in [-0.15, -0.1) is 0 Å². The van der Waals surface area contributed by atoms with Gasteiger partial charge in [-0.3, -0.25) is 9.97 Å². The van der Waals surface area contributed by atoms with E-state index in [9.17, 15) is 0 Å². The quantitative estimate of drug-likeness (QED) is 0.112. The van der Waals surface area contributed by atoms with Crippen molar-refractivity contribution in [3.63, 3.8) is 0 Å². The number of hydrogen-bond donors (Lipinski definition) is 0. The van der Waals surface area contributed by atoms with Gasteiger partial charge in [0.25, 0.3) is 0 Å². The van der Waals surface area contributed by atoms with Crippen LogP contribution in [0.3, 0.4) is 0 Å². The van der Waals surface area contributed by atoms with E-state index in [1.807, 2.05) is 36.9 Å². The molecule has 6 heterocycles. The first-order valence-corrected chi connectivity index (χ1v) is 36.4. The van der Waals surface area contributed by atoms with Crippen LogP contribution in [0.2, 0.25) is 0 Å². The first-order valence-electron chi connectivity index (χ1n) is 32.4. The Morgan fingerprint density at radius 2 is 0.596 bits per heavy atom. The van der Waals surface area contributed by atoms with Gasteiger partial charge in [-0.05, 0) is 148 Å². The van der Waals surface area contributed by atoms with Gasteiger partial charge in [0.1, 0.15) is 0 Å². The summed E-state index contributed by atoms with van der Waals surface area (Å²) < 4.78 is 4.84. The fourth-order valence-electron chi connectivity index (χ4n) is 17.0. The van der Waals surface area contributed by atoms with Crippen LogP contribution in [-0.2, 0) is 0 Å². The maximum absolute atomic E-state index is 4.71. The lowest BCUT2D eigenvalue weighted by atomic mass is 9.91. The second-order valence-corrected chi connectivity index (χ2v) is 32.6. The summed E-state index contributed by atoms with van der Waals surface area (Å²) in [6.45, 7) is 0. The fraction of sp³-hybridized carbons (Fsp3) is 0. The van der Waals surface area contributed by atoms with Crippen LogP contribution in [-0.4, -0.2) is 35.2 Å². The molecule has 0 radical (unpaired) electrons. The summed E-state index contributed by atoms with van der Waals surface area (Å²) in [6.07, 6.45) is 7.72. The monoisotopic (exact) mass is 1230 g/mol. The molecule has 0 fully saturated rings. The van der Waals surface area contributed by atoms with E-state index in [2.05, 4.69) is 322 Å². The Morgan fingerprint density at radius 3 is 0.989 bits per heavy atom. The predicted octanol–water partition coefficient (Wildman–Crippen LogP) is 15.9. The van der Waals surface area contributed by atoms with Crippen molar-refractivity contribution in [3.8, 4) is 11.4 Å². The first-order chi connectivity index (χ1) is 46.7. The van der Waals surface area contributed by atoms with Crippen LogP contribution in [0.5, 0.6) is 0 Å². The summed E-state index contributed by atoms with van der Waals surface area (Å²) in [7, 11) is -6.23. The topological polar surface area (TPSA) is 42.1 Å². The van der Waals surface area contributed by atoms with Crippen molar-refractivity contribution in [2.24, 2.45) is 0 Å². The molecule has 0 bridgehead atoms. The highest BCUT2D eigenvalue weighted by molar-refractivity contribution is 7.22. The van der Waals surface area contributed by atoms with E-state index in [4.69, 9.17) is 9.97 Å². The number of hydrogen-bond acceptors (Lipinski definition) is 4. The Balaban J connectivity index is 0.882. The molecular formula is C86H56N6Si2. The minimum absolute atomic E-state index is 1.02. The van der Waals surface area contributed by atoms with Crippen LogP contribution in [0.25, 0.3) is 87.3 Å². The Kier molecular flexibility index (Phi) is 11.4. The molecule has 0 spiro atoms. The summed E-state index contributed by atoms with van der Waals surface area (Å²) in [5.41, 5.74) is 13.6. The minimum Gasteiger partial charge on any atom is -0.310 e. The van der Waals surface area contributed by atoms with Gasteiger partial charge in [0.2, 0.25) is 0 Å². The molecule has 14 aromatic carbocycles. The lowest BCUT2D eigenvalue weighted by molar-refractivity contribution is 1.14. The lowest BCUT2D eigenvalue weighted by Gasteiger charge is -2.45. The molecule has 438 valence electrons. The van der Waals surface area contributed by atoms with Gasteiger partial charge in [0.15, 0.2) is 16.1 Å². The van der Waals surface area contributed by atoms with E-state index < -0.39 is 16.1 Å². The second-order valence-electron chi connectivity index (χ2n) is 25.2. The van der Waals surface area contributed by atoms with Crippen molar-refractivity contribution >= 4 is 168 Å². The van der Waals surface area contributed by atoms with Crippen molar-refractivity contribution in [1.29, 1.82) is 0 Å². The largest absolute Gasteiger partial charge is 0.310 e. The average Bonchev–Trinajstić information content (AvgIpc) is 0.771. The SMILES string of the molecule is c1ccc([Si]2(c3ccccc3)c3ccccc3N(c3ccc4ccc5c(N6c7ccccc7[Si](c7ccccc7)(c7ccccc7)c7cc8c9ccccc9n(-c9cccnc9)c8cc76)ccc6ccc3c4c65)c3cc4c(cc32)c2ccccc2n4-c2cccnc2)cc1. The molecule has 6 nitrogen and oxygen atoms in total. The molecule has 0 aliphatic carbocycles. The molecule has 0 amide bonds. The van der Waals surface area contributed by atoms with Crippen LogP contribution >= 0.6 is 0 Å². The van der Waals surface area contributed by atoms with Gasteiger partial charge in [-0.1, -0.05) is 231 Å². The smallest absolute Gasteiger partial charge is 0.184 e. The first kappa shape index (κ1) is 52.8. The highest BCUT2D eigenvalue weighted by atomic mass is 28.3. The van der Waals surface area contributed by atoms with Crippen molar-refractivity contribution in [2.75, 3.05) is 9.80 Å². The van der Waals surface area contributed by atoms with E-state index in [1.54, 1.807) is 0 Å². The van der Waals surface area contributed by atoms with E-state index >= 15 is 0 Å². The third kappa shape index (κ3) is 7.18. The fourth-order valence-corrected chi connectivity index (χ4v) is 27.3. The average molecular weight is 1230 g/mol. The van der Waals surface area contributed by atoms with Crippen molar-refractivity contribution in [1.82, 2.24) is 19.1 Å². The number of rotatable bonds is 8. The zero-order valence-corrected chi connectivity index (χ0v) is 53.0. The van der Waals surface area contributed by atoms with Gasteiger partial charge in [-0.25, -0.2) is 0 Å². The summed E-state index contributed by atoms with van der Waals surface area (Å²) in [4.78, 5) is 14.7. The Morgan fingerprint density at radius 1 is 0.234 bits per heavy atom. The van der Waals surface area contributed by atoms with Crippen molar-refractivity contribution < 1.29 is 0 Å². The second kappa shape index (κ2) is 20.3. The predicted molar refractivity (Wildman–Crippen MR) is 398 cm³/mol. The van der Waals surface area contributed by atoms with Crippen LogP contribution in [0.4, 0.5) is 34.1 Å². The lowest BCUT2D eigenvalue weighted by Crippen LogP contribution is -2.77. The Labute approximate surface area is 544 Å². The number of para-hydroxylation sites is 4. The molecular weight excluding hydrogens is 1170 g/mol. The third-order valence-corrected chi connectivity index (χ3v) is 30.4. The summed E-state index contributed by atoms with van der Waals surface area (Å²) in [5.74, 6) is 0. The highest BCUT2D eigenvalue weighted by Crippen LogP contribution is 2.51. The van der Waals surface area contributed by atoms with Gasteiger partial charge in [-0.2, -0.15) is 0 Å². The molecule has 2 aliphatic heterocycles. The normalized spacial score (nSPS) is 13.9. The Hall–Kier alpha value is -11.9. The number of anilines is 6. The van der Waals surface area contributed by atoms with Gasteiger partial charge in [0, 0.05) is 67.5 Å². The highest BCUT2D eigenvalue weighted by Gasteiger charge is 2.51. The molecule has 0 atom stereocenters. The molecule has 2 aliphatic rings. The summed E-state index contributed by atoms with van der Waals surface area (Å²) in [6, 6.07) is 120. The van der Waals surface area contributed by atoms with Crippen LogP contribution in [0, 0.1) is 0 Å². The van der Waals surface area contributed by atoms with E-state index in [1.165, 1.54) is 118 Å². The van der Waals surface area contributed by atoms with E-state index in [0.29, 0.717) is 0 Å². The summed E-state index contributed by atoms with van der Waals surface area (Å²) in [5, 5.41) is 22.9. The molecule has 0 N–H and O–H groups in total.